The van der Waals surface area contributed by atoms with Gasteiger partial charge in [0.05, 0.1) is 6.10 Å². The molecule has 0 radical (unpaired) electrons. The van der Waals surface area contributed by atoms with Crippen molar-refractivity contribution in [1.29, 1.82) is 0 Å². The number of nitrogens with one attached hydrogen (secondary N) is 1. The van der Waals surface area contributed by atoms with Crippen molar-refractivity contribution in [2.75, 3.05) is 0 Å². The SMILES string of the molecule is CC#CC1(N)C(O)[C@@H]([C@H](C)OP(=O)(O)OP(=O)(O)OP(=O)(O)O)O[C@H]1n1ccc(=O)[nH]c1=O. The zero-order valence-corrected chi connectivity index (χ0v) is 19.4. The lowest BCUT2D eigenvalue weighted by Crippen LogP contribution is -2.55. The Balaban J connectivity index is 2.32. The summed E-state index contributed by atoms with van der Waals surface area (Å²) >= 11 is 0. The minimum atomic E-state index is -5.78. The van der Waals surface area contributed by atoms with Crippen molar-refractivity contribution >= 4 is 23.5 Å². The number of hydrogen-bond donors (Lipinski definition) is 7. The molecule has 186 valence electrons. The quantitative estimate of drug-likeness (QED) is 0.144. The van der Waals surface area contributed by atoms with Crippen molar-refractivity contribution in [2.24, 2.45) is 5.73 Å². The topological polar surface area (TPSA) is 270 Å². The van der Waals surface area contributed by atoms with Gasteiger partial charge in [-0.2, -0.15) is 8.62 Å². The van der Waals surface area contributed by atoms with Gasteiger partial charge in [-0.1, -0.05) is 5.92 Å². The van der Waals surface area contributed by atoms with Gasteiger partial charge in [-0.25, -0.2) is 18.5 Å². The van der Waals surface area contributed by atoms with Gasteiger partial charge in [-0.05, 0) is 13.8 Å². The van der Waals surface area contributed by atoms with Crippen LogP contribution in [0.5, 0.6) is 0 Å². The van der Waals surface area contributed by atoms with Gasteiger partial charge in [0.1, 0.15) is 12.2 Å². The third-order valence-electron chi connectivity index (χ3n) is 4.12. The molecule has 17 nitrogen and oxygen atoms in total. The molecule has 7 atom stereocenters. The first-order valence-corrected chi connectivity index (χ1v) is 13.1. The number of aliphatic hydroxyl groups is 1. The number of ether oxygens (including phenoxy) is 1. The van der Waals surface area contributed by atoms with Gasteiger partial charge in [0.15, 0.2) is 11.8 Å². The molecule has 1 saturated heterocycles. The minimum Gasteiger partial charge on any atom is -0.387 e. The Morgan fingerprint density at radius 1 is 1.21 bits per heavy atom. The lowest BCUT2D eigenvalue weighted by molar-refractivity contribution is -0.0755. The molecule has 8 N–H and O–H groups in total. The number of aliphatic hydroxyl groups excluding tert-OH is 1. The molecule has 2 rings (SSSR count). The third-order valence-corrected chi connectivity index (χ3v) is 8.04. The highest BCUT2D eigenvalue weighted by molar-refractivity contribution is 7.66. The van der Waals surface area contributed by atoms with Crippen LogP contribution in [-0.4, -0.2) is 58.1 Å². The number of phosphoric ester groups is 1. The molecule has 4 unspecified atom stereocenters. The molecule has 1 aliphatic heterocycles. The number of aromatic amines is 1. The Kier molecular flexibility index (Phi) is 8.12. The van der Waals surface area contributed by atoms with Gasteiger partial charge in [0, 0.05) is 12.3 Å². The Hall–Kier alpha value is -1.47. The van der Waals surface area contributed by atoms with E-state index in [0.29, 0.717) is 0 Å². The van der Waals surface area contributed by atoms with Gasteiger partial charge >= 0.3 is 29.2 Å². The van der Waals surface area contributed by atoms with Gasteiger partial charge in [-0.15, -0.1) is 5.92 Å². The summed E-state index contributed by atoms with van der Waals surface area (Å²) in [5, 5.41) is 10.7. The van der Waals surface area contributed by atoms with Crippen molar-refractivity contribution in [1.82, 2.24) is 9.55 Å². The predicted octanol–water partition coefficient (Wildman–Crippen LogP) is -1.75. The fourth-order valence-corrected chi connectivity index (χ4v) is 6.15. The summed E-state index contributed by atoms with van der Waals surface area (Å²) in [6, 6.07) is 0.958. The lowest BCUT2D eigenvalue weighted by Gasteiger charge is -2.28. The number of H-pyrrole nitrogens is 1. The molecule has 0 spiro atoms. The first-order chi connectivity index (χ1) is 14.9. The molecule has 1 aromatic heterocycles. The van der Waals surface area contributed by atoms with E-state index in [1.807, 2.05) is 4.98 Å². The highest BCUT2D eigenvalue weighted by Gasteiger charge is 2.57. The second-order valence-electron chi connectivity index (χ2n) is 6.62. The van der Waals surface area contributed by atoms with Crippen LogP contribution in [0.25, 0.3) is 0 Å². The average molecular weight is 535 g/mol. The molecule has 0 aliphatic carbocycles. The molecular formula is C13H20N3O14P3. The second kappa shape index (κ2) is 9.65. The molecule has 33 heavy (non-hydrogen) atoms. The Morgan fingerprint density at radius 2 is 1.82 bits per heavy atom. The molecule has 20 heteroatoms. The summed E-state index contributed by atoms with van der Waals surface area (Å²) in [6.45, 7) is 2.40. The summed E-state index contributed by atoms with van der Waals surface area (Å²) in [6.07, 6.45) is -5.59. The monoisotopic (exact) mass is 535 g/mol. The standard InChI is InChI=1S/C13H20N3O14P3/c1-3-5-13(14)10(18)9(27-11(13)16-6-4-8(17)15-12(16)19)7(2)28-32(23,24)30-33(25,26)29-31(20,21)22/h4,6-7,9-11,18H,14H2,1-2H3,(H,23,24)(H,25,26)(H,15,17,19)(H2,20,21,22)/t7-,9+,10?,11+,13?/m0/s1. The van der Waals surface area contributed by atoms with Gasteiger partial charge in [-0.3, -0.25) is 18.9 Å². The van der Waals surface area contributed by atoms with E-state index in [1.54, 1.807) is 0 Å². The van der Waals surface area contributed by atoms with Crippen molar-refractivity contribution < 1.29 is 56.3 Å². The van der Waals surface area contributed by atoms with Gasteiger partial charge in [0.25, 0.3) is 5.56 Å². The molecule has 0 saturated carbocycles. The summed E-state index contributed by atoms with van der Waals surface area (Å²) in [7, 11) is -16.9. The van der Waals surface area contributed by atoms with Crippen LogP contribution < -0.4 is 17.0 Å². The van der Waals surface area contributed by atoms with Crippen LogP contribution in [0, 0.1) is 11.8 Å². The van der Waals surface area contributed by atoms with E-state index in [4.69, 9.17) is 20.3 Å². The molecule has 0 bridgehead atoms. The van der Waals surface area contributed by atoms with Gasteiger partial charge < -0.3 is 35.2 Å². The largest absolute Gasteiger partial charge is 0.490 e. The molecule has 1 fully saturated rings. The van der Waals surface area contributed by atoms with E-state index in [0.717, 1.165) is 23.8 Å². The summed E-state index contributed by atoms with van der Waals surface area (Å²) in [5.41, 5.74) is 2.43. The smallest absolute Gasteiger partial charge is 0.387 e. The first kappa shape index (κ1) is 27.8. The van der Waals surface area contributed by atoms with E-state index in [1.165, 1.54) is 6.92 Å². The van der Waals surface area contributed by atoms with Crippen LogP contribution in [0.3, 0.4) is 0 Å². The molecule has 1 aromatic rings. The minimum absolute atomic E-state index is 0.739. The summed E-state index contributed by atoms with van der Waals surface area (Å²) in [5.74, 6) is 4.90. The summed E-state index contributed by atoms with van der Waals surface area (Å²) < 4.78 is 52.5. The van der Waals surface area contributed by atoms with Crippen LogP contribution in [0.1, 0.15) is 20.1 Å². The number of hydrogen-bond acceptors (Lipinski definition) is 11. The highest BCUT2D eigenvalue weighted by Crippen LogP contribution is 2.66. The van der Waals surface area contributed by atoms with Crippen LogP contribution in [0.4, 0.5) is 0 Å². The normalized spacial score (nSPS) is 30.0. The van der Waals surface area contributed by atoms with Crippen molar-refractivity contribution in [3.63, 3.8) is 0 Å². The van der Waals surface area contributed by atoms with E-state index < -0.39 is 64.8 Å². The fraction of sp³-hybridized carbons (Fsp3) is 0.538. The van der Waals surface area contributed by atoms with Gasteiger partial charge in [0.2, 0.25) is 0 Å². The molecule has 2 heterocycles. The van der Waals surface area contributed by atoms with Crippen molar-refractivity contribution in [3.05, 3.63) is 33.1 Å². The third kappa shape index (κ3) is 6.78. The Labute approximate surface area is 184 Å². The second-order valence-corrected chi connectivity index (χ2v) is 11.0. The average Bonchev–Trinajstić information content (AvgIpc) is 2.83. The number of nitrogens with two attached hydrogens (primary N) is 1. The van der Waals surface area contributed by atoms with E-state index in [-0.39, 0.29) is 0 Å². The maximum atomic E-state index is 12.2. The maximum Gasteiger partial charge on any atom is 0.490 e. The first-order valence-electron chi connectivity index (χ1n) is 8.61. The Morgan fingerprint density at radius 3 is 2.33 bits per heavy atom. The lowest BCUT2D eigenvalue weighted by atomic mass is 9.90. The molecule has 1 aliphatic rings. The Bertz CT molecular complexity index is 1210. The number of rotatable bonds is 8. The summed E-state index contributed by atoms with van der Waals surface area (Å²) in [4.78, 5) is 61.5. The molecule has 0 amide bonds. The predicted molar refractivity (Wildman–Crippen MR) is 106 cm³/mol. The van der Waals surface area contributed by atoms with E-state index in [2.05, 4.69) is 25.0 Å². The number of phosphoric acid groups is 3. The number of nitrogens with zero attached hydrogens (tertiary/aromatic N) is 1. The van der Waals surface area contributed by atoms with E-state index in [9.17, 15) is 38.2 Å². The zero-order valence-electron chi connectivity index (χ0n) is 16.7. The molecular weight excluding hydrogens is 515 g/mol. The highest BCUT2D eigenvalue weighted by atomic mass is 31.3. The van der Waals surface area contributed by atoms with Crippen LogP contribution in [0.15, 0.2) is 21.9 Å². The zero-order chi connectivity index (χ0) is 25.4. The van der Waals surface area contributed by atoms with Crippen LogP contribution in [-0.2, 0) is 31.6 Å². The number of aromatic nitrogens is 2. The fourth-order valence-electron chi connectivity index (χ4n) is 2.95. The van der Waals surface area contributed by atoms with Crippen molar-refractivity contribution in [3.8, 4) is 11.8 Å². The van der Waals surface area contributed by atoms with Crippen LogP contribution >= 0.6 is 23.5 Å². The van der Waals surface area contributed by atoms with E-state index >= 15 is 0 Å². The van der Waals surface area contributed by atoms with Crippen molar-refractivity contribution in [2.45, 2.75) is 43.9 Å². The maximum absolute atomic E-state index is 12.2. The molecule has 0 aromatic carbocycles. The van der Waals surface area contributed by atoms with Crippen LogP contribution in [0.2, 0.25) is 0 Å².